The highest BCUT2D eigenvalue weighted by atomic mass is 35.5. The second-order valence-corrected chi connectivity index (χ2v) is 4.48. The fourth-order valence-corrected chi connectivity index (χ4v) is 2.23. The number of primary amides is 1. The van der Waals surface area contributed by atoms with E-state index in [-0.39, 0.29) is 5.91 Å². The molecule has 1 aromatic rings. The second kappa shape index (κ2) is 4.75. The zero-order valence-electron chi connectivity index (χ0n) is 9.23. The molecule has 1 fully saturated rings. The average Bonchev–Trinajstić information content (AvgIpc) is 2.64. The lowest BCUT2D eigenvalue weighted by atomic mass is 10.1. The van der Waals surface area contributed by atoms with E-state index >= 15 is 0 Å². The third-order valence-corrected chi connectivity index (χ3v) is 3.32. The van der Waals surface area contributed by atoms with E-state index in [4.69, 9.17) is 17.3 Å². The maximum Gasteiger partial charge on any atom is 0.240 e. The zero-order valence-corrected chi connectivity index (χ0v) is 9.98. The number of nitrogens with zero attached hydrogens (tertiary/aromatic N) is 1. The van der Waals surface area contributed by atoms with Gasteiger partial charge in [0.05, 0.1) is 0 Å². The van der Waals surface area contributed by atoms with Crippen molar-refractivity contribution in [2.75, 3.05) is 0 Å². The van der Waals surface area contributed by atoms with Crippen LogP contribution in [0.4, 0.5) is 0 Å². The Balaban J connectivity index is 2.19. The van der Waals surface area contributed by atoms with E-state index in [0.717, 1.165) is 5.56 Å². The lowest BCUT2D eigenvalue weighted by Gasteiger charge is -2.22. The zero-order chi connectivity index (χ0) is 12.4. The molecule has 0 bridgehead atoms. The number of likely N-dealkylation sites (tertiary alicyclic amines) is 1. The van der Waals surface area contributed by atoms with E-state index in [1.54, 1.807) is 6.07 Å². The topological polar surface area (TPSA) is 63.4 Å². The summed E-state index contributed by atoms with van der Waals surface area (Å²) >= 11 is 6.02. The first-order chi connectivity index (χ1) is 8.09. The highest BCUT2D eigenvalue weighted by Crippen LogP contribution is 2.24. The largest absolute Gasteiger partial charge is 0.368 e. The molecule has 5 heteroatoms. The molecule has 1 atom stereocenters. The normalized spacial score (nSPS) is 19.7. The molecule has 90 valence electrons. The van der Waals surface area contributed by atoms with Gasteiger partial charge in [-0.25, -0.2) is 0 Å². The summed E-state index contributed by atoms with van der Waals surface area (Å²) in [6, 6.07) is 6.77. The maximum absolute atomic E-state index is 11.7. The van der Waals surface area contributed by atoms with Crippen LogP contribution in [0, 0.1) is 0 Å². The predicted molar refractivity (Wildman–Crippen MR) is 64.2 cm³/mol. The predicted octanol–water partition coefficient (Wildman–Crippen LogP) is 1.32. The van der Waals surface area contributed by atoms with Crippen molar-refractivity contribution in [2.45, 2.75) is 25.4 Å². The lowest BCUT2D eigenvalue weighted by Crippen LogP contribution is -2.41. The van der Waals surface area contributed by atoms with Gasteiger partial charge in [-0.1, -0.05) is 29.8 Å². The van der Waals surface area contributed by atoms with Crippen molar-refractivity contribution < 1.29 is 9.59 Å². The Kier molecular flexibility index (Phi) is 3.33. The van der Waals surface area contributed by atoms with Gasteiger partial charge in [-0.05, 0) is 18.1 Å². The Labute approximate surface area is 104 Å². The van der Waals surface area contributed by atoms with Crippen molar-refractivity contribution >= 4 is 23.4 Å². The SMILES string of the molecule is NC(=O)[C@@H]1CCC(=O)N1Cc1ccccc1Cl. The van der Waals surface area contributed by atoms with Gasteiger partial charge in [0.25, 0.3) is 0 Å². The van der Waals surface area contributed by atoms with Crippen molar-refractivity contribution in [3.8, 4) is 0 Å². The summed E-state index contributed by atoms with van der Waals surface area (Å²) in [7, 11) is 0. The summed E-state index contributed by atoms with van der Waals surface area (Å²) in [5, 5.41) is 0.593. The van der Waals surface area contributed by atoms with Crippen LogP contribution in [-0.4, -0.2) is 22.8 Å². The average molecular weight is 253 g/mol. The van der Waals surface area contributed by atoms with E-state index < -0.39 is 11.9 Å². The Morgan fingerprint density at radius 3 is 2.82 bits per heavy atom. The molecule has 0 spiro atoms. The third kappa shape index (κ3) is 2.42. The van der Waals surface area contributed by atoms with Crippen molar-refractivity contribution in [3.05, 3.63) is 34.9 Å². The van der Waals surface area contributed by atoms with Crippen LogP contribution in [0.25, 0.3) is 0 Å². The molecule has 0 aliphatic carbocycles. The van der Waals surface area contributed by atoms with E-state index in [9.17, 15) is 9.59 Å². The van der Waals surface area contributed by atoms with Gasteiger partial charge in [0.1, 0.15) is 6.04 Å². The first kappa shape index (κ1) is 11.9. The van der Waals surface area contributed by atoms with Crippen LogP contribution >= 0.6 is 11.6 Å². The Morgan fingerprint density at radius 1 is 1.47 bits per heavy atom. The molecule has 1 aliphatic heterocycles. The summed E-state index contributed by atoms with van der Waals surface area (Å²) in [6.07, 6.45) is 0.872. The number of nitrogens with two attached hydrogens (primary N) is 1. The van der Waals surface area contributed by atoms with E-state index in [1.807, 2.05) is 18.2 Å². The number of rotatable bonds is 3. The quantitative estimate of drug-likeness (QED) is 0.882. The number of carbonyl (C=O) groups is 2. The lowest BCUT2D eigenvalue weighted by molar-refractivity contribution is -0.134. The van der Waals surface area contributed by atoms with Crippen molar-refractivity contribution in [2.24, 2.45) is 5.73 Å². The van der Waals surface area contributed by atoms with Crippen LogP contribution in [0.2, 0.25) is 5.02 Å². The van der Waals surface area contributed by atoms with E-state index in [2.05, 4.69) is 0 Å². The van der Waals surface area contributed by atoms with Crippen LogP contribution < -0.4 is 5.73 Å². The summed E-state index contributed by atoms with van der Waals surface area (Å²) in [5.74, 6) is -0.503. The first-order valence-electron chi connectivity index (χ1n) is 5.42. The molecule has 4 nitrogen and oxygen atoms in total. The molecule has 1 aliphatic rings. The molecular weight excluding hydrogens is 240 g/mol. The number of hydrogen-bond donors (Lipinski definition) is 1. The minimum atomic E-state index is -0.501. The fourth-order valence-electron chi connectivity index (χ4n) is 2.04. The minimum absolute atomic E-state index is 0.0475. The van der Waals surface area contributed by atoms with Crippen LogP contribution in [0.3, 0.4) is 0 Å². The van der Waals surface area contributed by atoms with Gasteiger partial charge in [-0.15, -0.1) is 0 Å². The molecule has 1 saturated heterocycles. The highest BCUT2D eigenvalue weighted by Gasteiger charge is 2.34. The van der Waals surface area contributed by atoms with E-state index in [1.165, 1.54) is 4.90 Å². The number of carbonyl (C=O) groups excluding carboxylic acids is 2. The smallest absolute Gasteiger partial charge is 0.240 e. The molecule has 0 radical (unpaired) electrons. The summed E-state index contributed by atoms with van der Waals surface area (Å²) in [4.78, 5) is 24.4. The molecule has 0 saturated carbocycles. The maximum atomic E-state index is 11.7. The molecule has 17 heavy (non-hydrogen) atoms. The van der Waals surface area contributed by atoms with Gasteiger partial charge in [0.2, 0.25) is 11.8 Å². The van der Waals surface area contributed by atoms with Crippen LogP contribution in [0.1, 0.15) is 18.4 Å². The molecule has 2 rings (SSSR count). The van der Waals surface area contributed by atoms with Gasteiger partial charge in [0.15, 0.2) is 0 Å². The van der Waals surface area contributed by atoms with Crippen molar-refractivity contribution in [1.29, 1.82) is 0 Å². The molecule has 2 amide bonds. The van der Waals surface area contributed by atoms with Crippen LogP contribution in [0.5, 0.6) is 0 Å². The molecule has 1 aromatic carbocycles. The Hall–Kier alpha value is -1.55. The first-order valence-corrected chi connectivity index (χ1v) is 5.79. The standard InChI is InChI=1S/C12H13ClN2O2/c13-9-4-2-1-3-8(9)7-15-10(12(14)17)5-6-11(15)16/h1-4,10H,5-7H2,(H2,14,17)/t10-/m0/s1. The van der Waals surface area contributed by atoms with Gasteiger partial charge < -0.3 is 10.6 Å². The number of amides is 2. The monoisotopic (exact) mass is 252 g/mol. The van der Waals surface area contributed by atoms with Gasteiger partial charge in [-0.3, -0.25) is 9.59 Å². The minimum Gasteiger partial charge on any atom is -0.368 e. The van der Waals surface area contributed by atoms with E-state index in [0.29, 0.717) is 24.4 Å². The molecule has 0 unspecified atom stereocenters. The van der Waals surface area contributed by atoms with Gasteiger partial charge in [0, 0.05) is 18.0 Å². The summed E-state index contributed by atoms with van der Waals surface area (Å²) in [5.41, 5.74) is 6.11. The van der Waals surface area contributed by atoms with Gasteiger partial charge >= 0.3 is 0 Å². The molecule has 2 N–H and O–H groups in total. The Morgan fingerprint density at radius 2 is 2.18 bits per heavy atom. The molecule has 0 aromatic heterocycles. The van der Waals surface area contributed by atoms with Crippen molar-refractivity contribution in [1.82, 2.24) is 4.90 Å². The molecular formula is C12H13ClN2O2. The van der Waals surface area contributed by atoms with Crippen LogP contribution in [0.15, 0.2) is 24.3 Å². The van der Waals surface area contributed by atoms with Crippen molar-refractivity contribution in [3.63, 3.8) is 0 Å². The highest BCUT2D eigenvalue weighted by molar-refractivity contribution is 6.31. The number of hydrogen-bond acceptors (Lipinski definition) is 2. The molecule has 1 heterocycles. The second-order valence-electron chi connectivity index (χ2n) is 4.07. The fraction of sp³-hybridized carbons (Fsp3) is 0.333. The number of benzene rings is 1. The third-order valence-electron chi connectivity index (χ3n) is 2.96. The van der Waals surface area contributed by atoms with Crippen LogP contribution in [-0.2, 0) is 16.1 Å². The summed E-state index contributed by atoms with van der Waals surface area (Å²) in [6.45, 7) is 0.339. The van der Waals surface area contributed by atoms with Gasteiger partial charge in [-0.2, -0.15) is 0 Å². The summed E-state index contributed by atoms with van der Waals surface area (Å²) < 4.78 is 0. The Bertz CT molecular complexity index is 462. The number of halogens is 1.